The molecule has 0 unspecified atom stereocenters. The largest absolute Gasteiger partial charge is 0.307 e. The number of amides is 1. The summed E-state index contributed by atoms with van der Waals surface area (Å²) in [5.74, 6) is -0.358. The fraction of sp³-hybridized carbons (Fsp3) is 0.133. The number of benzene rings is 1. The molecule has 3 aromatic rings. The van der Waals surface area contributed by atoms with Gasteiger partial charge in [-0.3, -0.25) is 24.3 Å². The molecule has 8 nitrogen and oxygen atoms in total. The minimum Gasteiger partial charge on any atom is -0.300 e. The van der Waals surface area contributed by atoms with Gasteiger partial charge in [0.25, 0.3) is 5.69 Å². The predicted octanol–water partition coefficient (Wildman–Crippen LogP) is 2.89. The highest BCUT2D eigenvalue weighted by Gasteiger charge is 2.13. The number of rotatable bonds is 5. The van der Waals surface area contributed by atoms with E-state index in [9.17, 15) is 19.7 Å². The van der Waals surface area contributed by atoms with Gasteiger partial charge in [-0.25, -0.2) is 4.98 Å². The van der Waals surface area contributed by atoms with E-state index in [1.165, 1.54) is 28.0 Å². The quantitative estimate of drug-likeness (QED) is 0.544. The minimum atomic E-state index is -0.473. The highest BCUT2D eigenvalue weighted by Crippen LogP contribution is 2.27. The van der Waals surface area contributed by atoms with Gasteiger partial charge in [0, 0.05) is 34.2 Å². The first-order chi connectivity index (χ1) is 11.9. The maximum absolute atomic E-state index is 12.1. The number of carbonyl (C=O) groups is 1. The highest BCUT2D eigenvalue weighted by molar-refractivity contribution is 7.14. The Balaban J connectivity index is 1.73. The van der Waals surface area contributed by atoms with Crippen LogP contribution in [-0.4, -0.2) is 20.4 Å². The Hall–Kier alpha value is -2.85. The van der Waals surface area contributed by atoms with Crippen molar-refractivity contribution < 1.29 is 9.72 Å². The van der Waals surface area contributed by atoms with E-state index in [1.807, 2.05) is 0 Å². The summed E-state index contributed by atoms with van der Waals surface area (Å²) in [5.41, 5.74) is 1.83. The van der Waals surface area contributed by atoms with Crippen LogP contribution >= 0.6 is 22.7 Å². The molecule has 1 amide bonds. The van der Waals surface area contributed by atoms with Crippen LogP contribution in [0, 0.1) is 17.0 Å². The van der Waals surface area contributed by atoms with Gasteiger partial charge < -0.3 is 5.32 Å². The number of aryl methyl sites for hydroxylation is 1. The number of hydrogen-bond donors (Lipinski definition) is 1. The molecule has 25 heavy (non-hydrogen) atoms. The summed E-state index contributed by atoms with van der Waals surface area (Å²) in [6, 6.07) is 6.12. The van der Waals surface area contributed by atoms with E-state index in [1.54, 1.807) is 29.8 Å². The molecule has 0 aliphatic heterocycles. The number of carbonyl (C=O) groups excluding carboxylic acids is 1. The molecule has 0 spiro atoms. The SMILES string of the molecule is Cc1csc(=O)n1CC(=O)Nc1nc(-c2cccc([N+](=O)[O-])c2)cs1. The summed E-state index contributed by atoms with van der Waals surface area (Å²) in [6.45, 7) is 1.68. The van der Waals surface area contributed by atoms with Crippen LogP contribution < -0.4 is 10.2 Å². The van der Waals surface area contributed by atoms with E-state index in [-0.39, 0.29) is 23.0 Å². The molecule has 0 fully saturated rings. The minimum absolute atomic E-state index is 0.0246. The molecule has 0 aliphatic rings. The predicted molar refractivity (Wildman–Crippen MR) is 96.2 cm³/mol. The molecule has 0 saturated carbocycles. The van der Waals surface area contributed by atoms with Gasteiger partial charge in [-0.05, 0) is 6.92 Å². The van der Waals surface area contributed by atoms with Gasteiger partial charge >= 0.3 is 4.87 Å². The van der Waals surface area contributed by atoms with Crippen LogP contribution in [0.5, 0.6) is 0 Å². The van der Waals surface area contributed by atoms with E-state index in [4.69, 9.17) is 0 Å². The van der Waals surface area contributed by atoms with Crippen molar-refractivity contribution in [1.82, 2.24) is 9.55 Å². The molecule has 128 valence electrons. The first-order valence-corrected chi connectivity index (χ1v) is 8.85. The fourth-order valence-electron chi connectivity index (χ4n) is 2.14. The van der Waals surface area contributed by atoms with Gasteiger partial charge in [0.2, 0.25) is 5.91 Å². The number of nitrogens with zero attached hydrogens (tertiary/aromatic N) is 3. The number of aromatic nitrogens is 2. The molecular formula is C15H12N4O4S2. The Kier molecular flexibility index (Phi) is 4.72. The van der Waals surface area contributed by atoms with Crippen molar-refractivity contribution in [3.8, 4) is 11.3 Å². The lowest BCUT2D eigenvalue weighted by molar-refractivity contribution is -0.384. The third-order valence-corrected chi connectivity index (χ3v) is 5.02. The molecule has 0 aliphatic carbocycles. The van der Waals surface area contributed by atoms with Gasteiger partial charge in [0.15, 0.2) is 5.13 Å². The Morgan fingerprint density at radius 3 is 2.84 bits per heavy atom. The topological polar surface area (TPSA) is 107 Å². The monoisotopic (exact) mass is 376 g/mol. The van der Waals surface area contributed by atoms with Crippen molar-refractivity contribution in [2.45, 2.75) is 13.5 Å². The number of nitro benzene ring substituents is 1. The van der Waals surface area contributed by atoms with E-state index in [0.29, 0.717) is 16.4 Å². The van der Waals surface area contributed by atoms with E-state index in [0.717, 1.165) is 17.0 Å². The lowest BCUT2D eigenvalue weighted by Crippen LogP contribution is -2.25. The lowest BCUT2D eigenvalue weighted by Gasteiger charge is -2.04. The summed E-state index contributed by atoms with van der Waals surface area (Å²) < 4.78 is 1.38. The number of nitro groups is 1. The number of non-ortho nitro benzene ring substituents is 1. The Bertz CT molecular complexity index is 1000. The van der Waals surface area contributed by atoms with Crippen molar-refractivity contribution in [3.05, 3.63) is 60.5 Å². The molecule has 1 aromatic carbocycles. The summed E-state index contributed by atoms with van der Waals surface area (Å²) in [4.78, 5) is 38.2. The first kappa shape index (κ1) is 17.0. The molecule has 2 aromatic heterocycles. The van der Waals surface area contributed by atoms with Crippen LogP contribution in [0.25, 0.3) is 11.3 Å². The Morgan fingerprint density at radius 2 is 2.16 bits per heavy atom. The van der Waals surface area contributed by atoms with Gasteiger partial charge in [-0.1, -0.05) is 23.5 Å². The van der Waals surface area contributed by atoms with E-state index >= 15 is 0 Å². The van der Waals surface area contributed by atoms with Crippen LogP contribution in [-0.2, 0) is 11.3 Å². The summed E-state index contributed by atoms with van der Waals surface area (Å²) >= 11 is 2.25. The van der Waals surface area contributed by atoms with Crippen LogP contribution in [0.2, 0.25) is 0 Å². The average molecular weight is 376 g/mol. The second-order valence-electron chi connectivity index (χ2n) is 5.12. The Morgan fingerprint density at radius 1 is 1.36 bits per heavy atom. The van der Waals surface area contributed by atoms with E-state index in [2.05, 4.69) is 10.3 Å². The van der Waals surface area contributed by atoms with E-state index < -0.39 is 4.92 Å². The maximum atomic E-state index is 12.1. The van der Waals surface area contributed by atoms with Gasteiger partial charge in [-0.2, -0.15) is 0 Å². The molecule has 1 N–H and O–H groups in total. The van der Waals surface area contributed by atoms with Crippen molar-refractivity contribution in [2.75, 3.05) is 5.32 Å². The zero-order valence-electron chi connectivity index (χ0n) is 13.0. The average Bonchev–Trinajstić information content (AvgIpc) is 3.17. The van der Waals surface area contributed by atoms with Gasteiger partial charge in [0.1, 0.15) is 6.54 Å². The smallest absolute Gasteiger partial charge is 0.300 e. The standard InChI is InChI=1S/C15H12N4O4S2/c1-9-7-25-15(21)18(9)6-13(20)17-14-16-12(8-24-14)10-3-2-4-11(5-10)19(22)23/h2-5,7-8H,6H2,1H3,(H,16,17,20). The fourth-order valence-corrected chi connectivity index (χ4v) is 3.61. The molecule has 0 bridgehead atoms. The maximum Gasteiger partial charge on any atom is 0.307 e. The Labute approximate surface area is 149 Å². The number of thiazole rings is 2. The number of anilines is 1. The summed E-state index contributed by atoms with van der Waals surface area (Å²) in [6.07, 6.45) is 0. The van der Waals surface area contributed by atoms with Crippen molar-refractivity contribution in [2.24, 2.45) is 0 Å². The lowest BCUT2D eigenvalue weighted by atomic mass is 10.1. The second kappa shape index (κ2) is 6.95. The first-order valence-electron chi connectivity index (χ1n) is 7.09. The third-order valence-electron chi connectivity index (χ3n) is 3.38. The van der Waals surface area contributed by atoms with Crippen molar-refractivity contribution in [1.29, 1.82) is 0 Å². The van der Waals surface area contributed by atoms with Crippen LogP contribution in [0.3, 0.4) is 0 Å². The molecule has 2 heterocycles. The van der Waals surface area contributed by atoms with Crippen LogP contribution in [0.4, 0.5) is 10.8 Å². The second-order valence-corrected chi connectivity index (χ2v) is 6.80. The molecule has 0 atom stereocenters. The van der Waals surface area contributed by atoms with Crippen LogP contribution in [0.15, 0.2) is 39.8 Å². The van der Waals surface area contributed by atoms with Crippen molar-refractivity contribution in [3.63, 3.8) is 0 Å². The molecule has 3 rings (SSSR count). The van der Waals surface area contributed by atoms with Crippen molar-refractivity contribution >= 4 is 39.4 Å². The third kappa shape index (κ3) is 3.80. The summed E-state index contributed by atoms with van der Waals surface area (Å²) in [7, 11) is 0. The molecule has 0 saturated heterocycles. The molecular weight excluding hydrogens is 364 g/mol. The van der Waals surface area contributed by atoms with Crippen LogP contribution in [0.1, 0.15) is 5.69 Å². The van der Waals surface area contributed by atoms with Gasteiger partial charge in [-0.15, -0.1) is 11.3 Å². The zero-order valence-corrected chi connectivity index (χ0v) is 14.6. The molecule has 0 radical (unpaired) electrons. The van der Waals surface area contributed by atoms with Gasteiger partial charge in [0.05, 0.1) is 10.6 Å². The summed E-state index contributed by atoms with van der Waals surface area (Å²) in [5, 5.41) is 17.3. The number of hydrogen-bond acceptors (Lipinski definition) is 7. The zero-order chi connectivity index (χ0) is 18.0. The normalized spacial score (nSPS) is 10.6. The molecule has 10 heteroatoms. The number of nitrogens with one attached hydrogen (secondary N) is 1. The highest BCUT2D eigenvalue weighted by atomic mass is 32.1.